The van der Waals surface area contributed by atoms with E-state index in [1.54, 1.807) is 38.5 Å². The van der Waals surface area contributed by atoms with Gasteiger partial charge in [-0.2, -0.15) is 0 Å². The van der Waals surface area contributed by atoms with E-state index in [0.717, 1.165) is 24.3 Å². The molecule has 6 heteroatoms. The Labute approximate surface area is 159 Å². The number of benzene rings is 2. The third-order valence-electron chi connectivity index (χ3n) is 4.93. The molecule has 1 unspecified atom stereocenters. The van der Waals surface area contributed by atoms with Crippen LogP contribution in [0.15, 0.2) is 42.5 Å². The summed E-state index contributed by atoms with van der Waals surface area (Å²) in [7, 11) is 5.31. The van der Waals surface area contributed by atoms with Crippen molar-refractivity contribution < 1.29 is 24.0 Å². The minimum atomic E-state index is -0.191. The summed E-state index contributed by atoms with van der Waals surface area (Å²) < 4.78 is 10.6. The number of methoxy groups -OCH3 is 2. The number of imide groups is 1. The van der Waals surface area contributed by atoms with Crippen LogP contribution >= 0.6 is 0 Å². The quantitative estimate of drug-likeness (QED) is 0.707. The summed E-state index contributed by atoms with van der Waals surface area (Å²) in [6.07, 6.45) is 0.869. The highest BCUT2D eigenvalue weighted by Gasteiger charge is 2.35. The van der Waals surface area contributed by atoms with E-state index in [1.165, 1.54) is 9.80 Å². The predicted octanol–water partition coefficient (Wildman–Crippen LogP) is 1.06. The van der Waals surface area contributed by atoms with Crippen molar-refractivity contribution in [1.82, 2.24) is 4.90 Å². The van der Waals surface area contributed by atoms with Crippen molar-refractivity contribution in [2.45, 2.75) is 6.42 Å². The van der Waals surface area contributed by atoms with Gasteiger partial charge in [-0.3, -0.25) is 14.5 Å². The van der Waals surface area contributed by atoms with Gasteiger partial charge in [-0.15, -0.1) is 0 Å². The minimum Gasteiger partial charge on any atom is -0.493 e. The summed E-state index contributed by atoms with van der Waals surface area (Å²) >= 11 is 0. The van der Waals surface area contributed by atoms with Crippen LogP contribution in [0, 0.1) is 0 Å². The van der Waals surface area contributed by atoms with E-state index in [0.29, 0.717) is 30.0 Å². The number of hydrogen-bond acceptors (Lipinski definition) is 4. The Hall–Kier alpha value is -2.86. The Bertz CT molecular complexity index is 815. The smallest absolute Gasteiger partial charge is 0.261 e. The Morgan fingerprint density at radius 3 is 2.11 bits per heavy atom. The molecule has 2 amide bonds. The van der Waals surface area contributed by atoms with E-state index in [2.05, 4.69) is 7.05 Å². The van der Waals surface area contributed by atoms with Crippen LogP contribution in [0.4, 0.5) is 0 Å². The summed E-state index contributed by atoms with van der Waals surface area (Å²) in [6, 6.07) is 12.9. The summed E-state index contributed by atoms with van der Waals surface area (Å²) in [5, 5.41) is 0. The molecule has 3 rings (SSSR count). The van der Waals surface area contributed by atoms with Crippen LogP contribution in [0.1, 0.15) is 26.3 Å². The fourth-order valence-electron chi connectivity index (χ4n) is 3.26. The molecule has 1 heterocycles. The third-order valence-corrected chi connectivity index (χ3v) is 4.93. The molecule has 6 nitrogen and oxygen atoms in total. The van der Waals surface area contributed by atoms with Crippen molar-refractivity contribution in [2.75, 3.05) is 40.9 Å². The second-order valence-corrected chi connectivity index (χ2v) is 6.70. The molecule has 142 valence electrons. The average molecular weight is 369 g/mol. The van der Waals surface area contributed by atoms with Gasteiger partial charge >= 0.3 is 0 Å². The molecule has 2 aromatic carbocycles. The Morgan fingerprint density at radius 2 is 1.52 bits per heavy atom. The first kappa shape index (κ1) is 18.9. The molecule has 0 aliphatic carbocycles. The number of nitrogens with zero attached hydrogens (tertiary/aromatic N) is 1. The highest BCUT2D eigenvalue weighted by Crippen LogP contribution is 2.27. The van der Waals surface area contributed by atoms with Crippen molar-refractivity contribution in [2.24, 2.45) is 0 Å². The standard InChI is InChI=1S/C21H24N2O4/c1-22(11-10-15-8-9-18(26-2)19(14-15)27-3)12-13-23-20(24)16-6-4-5-7-17(16)21(23)25/h4-9,14H,10-13H2,1-3H3/p+1. The van der Waals surface area contributed by atoms with Crippen molar-refractivity contribution in [3.8, 4) is 11.5 Å². The Kier molecular flexibility index (Phi) is 5.76. The molecule has 1 N–H and O–H groups in total. The maximum Gasteiger partial charge on any atom is 0.261 e. The van der Waals surface area contributed by atoms with E-state index in [4.69, 9.17) is 9.47 Å². The number of carbonyl (C=O) groups is 2. The topological polar surface area (TPSA) is 60.3 Å². The largest absolute Gasteiger partial charge is 0.493 e. The molecule has 27 heavy (non-hydrogen) atoms. The van der Waals surface area contributed by atoms with Gasteiger partial charge in [0.1, 0.15) is 0 Å². The number of hydrogen-bond donors (Lipinski definition) is 1. The van der Waals surface area contributed by atoms with E-state index < -0.39 is 0 Å². The Balaban J connectivity index is 1.53. The molecule has 0 bridgehead atoms. The molecule has 0 radical (unpaired) electrons. The fraction of sp³-hybridized carbons (Fsp3) is 0.333. The lowest BCUT2D eigenvalue weighted by molar-refractivity contribution is -0.878. The number of quaternary nitrogens is 1. The summed E-state index contributed by atoms with van der Waals surface area (Å²) in [5.74, 6) is 1.05. The first-order valence-corrected chi connectivity index (χ1v) is 9.02. The summed E-state index contributed by atoms with van der Waals surface area (Å²) in [4.78, 5) is 27.4. The van der Waals surface area contributed by atoms with Gasteiger partial charge in [0.2, 0.25) is 0 Å². The molecular weight excluding hydrogens is 344 g/mol. The average Bonchev–Trinajstić information content (AvgIpc) is 2.95. The van der Waals surface area contributed by atoms with Crippen LogP contribution in [0.25, 0.3) is 0 Å². The van der Waals surface area contributed by atoms with Gasteiger partial charge in [0.05, 0.1) is 52.0 Å². The van der Waals surface area contributed by atoms with Crippen LogP contribution in [0.2, 0.25) is 0 Å². The maximum atomic E-state index is 12.4. The fourth-order valence-corrected chi connectivity index (χ4v) is 3.26. The van der Waals surface area contributed by atoms with Crippen molar-refractivity contribution in [1.29, 1.82) is 0 Å². The summed E-state index contributed by atoms with van der Waals surface area (Å²) in [6.45, 7) is 2.02. The second kappa shape index (κ2) is 8.22. The monoisotopic (exact) mass is 369 g/mol. The predicted molar refractivity (Wildman–Crippen MR) is 102 cm³/mol. The zero-order valence-electron chi connectivity index (χ0n) is 16.0. The second-order valence-electron chi connectivity index (χ2n) is 6.70. The number of ether oxygens (including phenoxy) is 2. The molecule has 0 spiro atoms. The van der Waals surface area contributed by atoms with Crippen LogP contribution < -0.4 is 14.4 Å². The third kappa shape index (κ3) is 3.95. The molecule has 1 aliphatic heterocycles. The number of fused-ring (bicyclic) bond motifs is 1. The maximum absolute atomic E-state index is 12.4. The van der Waals surface area contributed by atoms with Gasteiger partial charge in [-0.1, -0.05) is 18.2 Å². The molecular formula is C21H25N2O4+. The van der Waals surface area contributed by atoms with E-state index in [1.807, 2.05) is 18.2 Å². The van der Waals surface area contributed by atoms with Gasteiger partial charge in [-0.05, 0) is 29.8 Å². The number of likely N-dealkylation sites (N-methyl/N-ethyl adjacent to an activating group) is 1. The number of carbonyl (C=O) groups excluding carboxylic acids is 2. The van der Waals surface area contributed by atoms with Gasteiger partial charge in [0.25, 0.3) is 11.8 Å². The van der Waals surface area contributed by atoms with Crippen LogP contribution in [-0.4, -0.2) is 57.6 Å². The highest BCUT2D eigenvalue weighted by molar-refractivity contribution is 6.21. The molecule has 0 saturated carbocycles. The highest BCUT2D eigenvalue weighted by atomic mass is 16.5. The first-order valence-electron chi connectivity index (χ1n) is 9.02. The van der Waals surface area contributed by atoms with Crippen LogP contribution in [0.5, 0.6) is 11.5 Å². The van der Waals surface area contributed by atoms with E-state index in [9.17, 15) is 9.59 Å². The van der Waals surface area contributed by atoms with Crippen molar-refractivity contribution in [3.63, 3.8) is 0 Å². The van der Waals surface area contributed by atoms with Crippen LogP contribution in [-0.2, 0) is 6.42 Å². The van der Waals surface area contributed by atoms with Gasteiger partial charge in [-0.25, -0.2) is 0 Å². The van der Waals surface area contributed by atoms with Gasteiger partial charge in [0.15, 0.2) is 11.5 Å². The molecule has 1 atom stereocenters. The SMILES string of the molecule is COc1ccc(CC[NH+](C)CCN2C(=O)c3ccccc3C2=O)cc1OC. The molecule has 0 fully saturated rings. The van der Waals surface area contributed by atoms with Crippen molar-refractivity contribution >= 4 is 11.8 Å². The van der Waals surface area contributed by atoms with Crippen molar-refractivity contribution in [3.05, 3.63) is 59.2 Å². The number of nitrogens with one attached hydrogen (secondary N) is 1. The zero-order chi connectivity index (χ0) is 19.4. The lowest BCUT2D eigenvalue weighted by atomic mass is 10.1. The van der Waals surface area contributed by atoms with Gasteiger partial charge in [0, 0.05) is 6.42 Å². The van der Waals surface area contributed by atoms with Gasteiger partial charge < -0.3 is 14.4 Å². The molecule has 0 aromatic heterocycles. The van der Waals surface area contributed by atoms with E-state index >= 15 is 0 Å². The first-order chi connectivity index (χ1) is 13.0. The summed E-state index contributed by atoms with van der Waals surface area (Å²) in [5.41, 5.74) is 2.17. The normalized spacial score (nSPS) is 14.3. The molecule has 2 aromatic rings. The zero-order valence-corrected chi connectivity index (χ0v) is 16.0. The molecule has 1 aliphatic rings. The van der Waals surface area contributed by atoms with Crippen LogP contribution in [0.3, 0.4) is 0 Å². The lowest BCUT2D eigenvalue weighted by Crippen LogP contribution is -3.10. The Morgan fingerprint density at radius 1 is 0.889 bits per heavy atom. The van der Waals surface area contributed by atoms with E-state index in [-0.39, 0.29) is 11.8 Å². The number of amides is 2. The lowest BCUT2D eigenvalue weighted by Gasteiger charge is -2.18. The minimum absolute atomic E-state index is 0.191. The molecule has 0 saturated heterocycles. The number of rotatable bonds is 8.